The van der Waals surface area contributed by atoms with Gasteiger partial charge in [0.25, 0.3) is 23.6 Å². The number of amides is 5. The minimum atomic E-state index is -5.26. The summed E-state index contributed by atoms with van der Waals surface area (Å²) in [4.78, 5) is 69.8. The van der Waals surface area contributed by atoms with Crippen molar-refractivity contribution in [3.63, 3.8) is 0 Å². The summed E-state index contributed by atoms with van der Waals surface area (Å²) in [5.74, 6) is -3.47. The molecule has 14 nitrogen and oxygen atoms in total. The Balaban J connectivity index is 0.000000426. The topological polar surface area (TPSA) is 203 Å². The fraction of sp³-hybridized carbons (Fsp3) is 0.232. The molecular formula is C56H45Br2Cl2F8N6NaO8. The Morgan fingerprint density at radius 3 is 1.34 bits per heavy atom. The molecule has 0 aliphatic carbocycles. The van der Waals surface area contributed by atoms with Gasteiger partial charge in [0.1, 0.15) is 0 Å². The summed E-state index contributed by atoms with van der Waals surface area (Å²) in [5, 5.41) is 19.7. The van der Waals surface area contributed by atoms with Gasteiger partial charge in [-0.05, 0) is 157 Å². The van der Waals surface area contributed by atoms with Gasteiger partial charge in [0.15, 0.2) is 11.5 Å². The van der Waals surface area contributed by atoms with Crippen molar-refractivity contribution in [2.75, 3.05) is 47.3 Å². The molecule has 2 atom stereocenters. The maximum atomic E-state index is 14.7. The van der Waals surface area contributed by atoms with Gasteiger partial charge in [-0.1, -0.05) is 35.3 Å². The number of carbonyl (C=O) groups is 5. The third-order valence-electron chi connectivity index (χ3n) is 12.3. The minimum Gasteiger partial charge on any atom is -0.870 e. The van der Waals surface area contributed by atoms with E-state index in [0.717, 1.165) is 25.1 Å². The van der Waals surface area contributed by atoms with Crippen LogP contribution in [0.2, 0.25) is 10.0 Å². The number of carbonyl (C=O) groups excluding carboxylic acids is 5. The maximum absolute atomic E-state index is 14.7. The van der Waals surface area contributed by atoms with E-state index in [9.17, 15) is 59.1 Å². The Labute approximate surface area is 519 Å². The number of hydrogen-bond donors (Lipinski definition) is 1. The van der Waals surface area contributed by atoms with Crippen molar-refractivity contribution in [1.82, 2.24) is 0 Å². The average Bonchev–Trinajstić information content (AvgIpc) is 3.63. The molecule has 0 radical (unpaired) electrons. The molecule has 0 saturated carbocycles. The van der Waals surface area contributed by atoms with Crippen molar-refractivity contribution in [1.29, 1.82) is 10.5 Å². The Morgan fingerprint density at radius 1 is 0.602 bits per heavy atom. The van der Waals surface area contributed by atoms with Gasteiger partial charge in [-0.3, -0.25) is 24.0 Å². The van der Waals surface area contributed by atoms with Crippen LogP contribution in [-0.2, 0) is 16.1 Å². The van der Waals surface area contributed by atoms with Crippen molar-refractivity contribution in [3.8, 4) is 23.6 Å². The smallest absolute Gasteiger partial charge is 0.870 e. The van der Waals surface area contributed by atoms with E-state index in [-0.39, 0.29) is 113 Å². The molecule has 83 heavy (non-hydrogen) atoms. The van der Waals surface area contributed by atoms with Crippen LogP contribution >= 0.6 is 55.1 Å². The zero-order valence-electron chi connectivity index (χ0n) is 44.9. The molecule has 5 amide bonds. The zero-order chi connectivity index (χ0) is 60.7. The van der Waals surface area contributed by atoms with Crippen LogP contribution in [0.4, 0.5) is 57.9 Å². The van der Waals surface area contributed by atoms with Gasteiger partial charge in [0, 0.05) is 51.2 Å². The van der Waals surface area contributed by atoms with Crippen LogP contribution in [0.25, 0.3) is 0 Å². The average molecular weight is 1340 g/mol. The number of nitrogens with one attached hydrogen (secondary N) is 1. The van der Waals surface area contributed by atoms with E-state index in [1.807, 2.05) is 12.1 Å². The zero-order valence-corrected chi connectivity index (χ0v) is 51.6. The van der Waals surface area contributed by atoms with Crippen LogP contribution in [0.3, 0.4) is 0 Å². The summed E-state index contributed by atoms with van der Waals surface area (Å²) in [5.41, 5.74) is -7.84. The summed E-state index contributed by atoms with van der Waals surface area (Å²) in [6.45, 7) is 5.50. The number of alkyl halides is 8. The molecule has 432 valence electrons. The maximum Gasteiger partial charge on any atom is 1.00 e. The molecule has 0 aromatic heterocycles. The first-order chi connectivity index (χ1) is 37.9. The first-order valence-electron chi connectivity index (χ1n) is 23.5. The van der Waals surface area contributed by atoms with Crippen molar-refractivity contribution in [2.45, 2.75) is 58.3 Å². The molecule has 0 aliphatic rings. The standard InChI is InChI=1S/C29H23BrClF4N3O4.C27H21BrClF4N3O3.Na.H2O/c1-5-37(26(40)18-11-9-17(15-36)10-12-18)23-8-6-7-20(25(23)42-4)27(41)38(16(2)39)24-21(30)13-19(14-22(24)31)28(3,32)29(33,34)35;1-4-36(25(38)16-10-8-15(14-34)9-11-16)21-7-5-6-18(23(21)39-3)24(37)35-22-19(28)12-17(13-20(22)29)26(2,30)27(31,32)33;;/h6-14H,5H2,1-4H3;5-13H,4H2,1-3H3,(H,35,37);;1H2/q;;+1;/p-1. The number of ether oxygens (including phenoxy) is 2. The van der Waals surface area contributed by atoms with Crippen molar-refractivity contribution in [2.24, 2.45) is 0 Å². The quantitative estimate of drug-likeness (QED) is 0.0807. The second kappa shape index (κ2) is 28.8. The van der Waals surface area contributed by atoms with Crippen LogP contribution in [0.1, 0.15) is 98.3 Å². The monoisotopic (exact) mass is 1330 g/mol. The molecule has 2 N–H and O–H groups in total. The summed E-state index contributed by atoms with van der Waals surface area (Å²) < 4.78 is 119. The van der Waals surface area contributed by atoms with Crippen LogP contribution in [0.5, 0.6) is 11.5 Å². The summed E-state index contributed by atoms with van der Waals surface area (Å²) in [6.07, 6.45) is -10.4. The molecular weight excluding hydrogens is 1290 g/mol. The van der Waals surface area contributed by atoms with Crippen LogP contribution in [0, 0.1) is 22.7 Å². The molecule has 0 aliphatic heterocycles. The largest absolute Gasteiger partial charge is 1.00 e. The van der Waals surface area contributed by atoms with Crippen LogP contribution in [0.15, 0.2) is 118 Å². The third kappa shape index (κ3) is 15.2. The second-order valence-electron chi connectivity index (χ2n) is 17.4. The normalized spacial score (nSPS) is 12.3. The molecule has 0 bridgehead atoms. The Morgan fingerprint density at radius 2 is 0.988 bits per heavy atom. The minimum absolute atomic E-state index is 0. The third-order valence-corrected chi connectivity index (χ3v) is 14.1. The number of halogens is 12. The van der Waals surface area contributed by atoms with E-state index in [1.165, 1.54) is 103 Å². The first kappa shape index (κ1) is 70.7. The molecule has 2 unspecified atom stereocenters. The van der Waals surface area contributed by atoms with Gasteiger partial charge in [-0.15, -0.1) is 0 Å². The van der Waals surface area contributed by atoms with E-state index in [0.29, 0.717) is 41.5 Å². The SMILES string of the molecule is CCN(C(=O)c1ccc(C#N)cc1)c1cccc(C(=O)N(C(C)=O)c2c(Cl)cc(C(C)(F)C(F)(F)F)cc2Br)c1OC.CCN(C(=O)c1ccc(C#N)cc1)c1cccc(C(=O)Nc2c(Cl)cc(C(C)(F)C(F)(F)F)cc2Br)c1OC.[Na+].[OH-]. The molecule has 0 fully saturated rings. The van der Waals surface area contributed by atoms with E-state index >= 15 is 0 Å². The Hall–Kier alpha value is -6.61. The summed E-state index contributed by atoms with van der Waals surface area (Å²) >= 11 is 18.5. The van der Waals surface area contributed by atoms with Gasteiger partial charge in [0.05, 0.1) is 81.4 Å². The predicted octanol–water partition coefficient (Wildman–Crippen LogP) is 12.1. The predicted molar refractivity (Wildman–Crippen MR) is 298 cm³/mol. The van der Waals surface area contributed by atoms with Gasteiger partial charge in [-0.2, -0.15) is 36.9 Å². The van der Waals surface area contributed by atoms with E-state index in [2.05, 4.69) is 37.2 Å². The second-order valence-corrected chi connectivity index (χ2v) is 19.9. The van der Waals surface area contributed by atoms with E-state index < -0.39 is 69.4 Å². The fourth-order valence-corrected chi connectivity index (χ4v) is 9.82. The van der Waals surface area contributed by atoms with Gasteiger partial charge >= 0.3 is 41.9 Å². The van der Waals surface area contributed by atoms with Crippen molar-refractivity contribution in [3.05, 3.63) is 173 Å². The van der Waals surface area contributed by atoms with E-state index in [1.54, 1.807) is 19.9 Å². The molecule has 6 aromatic rings. The number of hydrogen-bond acceptors (Lipinski definition) is 10. The molecule has 0 heterocycles. The number of rotatable bonds is 14. The fourth-order valence-electron chi connectivity index (χ4n) is 7.83. The number of anilines is 4. The first-order valence-corrected chi connectivity index (χ1v) is 25.9. The molecule has 27 heteroatoms. The van der Waals surface area contributed by atoms with Crippen LogP contribution in [-0.4, -0.2) is 74.7 Å². The number of methoxy groups -OCH3 is 2. The summed E-state index contributed by atoms with van der Waals surface area (Å²) in [7, 11) is 2.57. The molecule has 0 saturated heterocycles. The van der Waals surface area contributed by atoms with Gasteiger partial charge < -0.3 is 30.1 Å². The van der Waals surface area contributed by atoms with Crippen molar-refractivity contribution < 1.29 is 104 Å². The van der Waals surface area contributed by atoms with Gasteiger partial charge in [-0.25, -0.2) is 13.7 Å². The number of benzene rings is 6. The number of imide groups is 1. The molecule has 6 rings (SSSR count). The molecule has 0 spiro atoms. The Bertz CT molecular complexity index is 3460. The number of nitrogens with zero attached hydrogens (tertiary/aromatic N) is 5. The summed E-state index contributed by atoms with van der Waals surface area (Å²) in [6, 6.07) is 27.9. The van der Waals surface area contributed by atoms with Crippen molar-refractivity contribution >= 4 is 107 Å². The van der Waals surface area contributed by atoms with Crippen LogP contribution < -0.4 is 59.0 Å². The van der Waals surface area contributed by atoms with E-state index in [4.69, 9.17) is 43.2 Å². The van der Waals surface area contributed by atoms with Gasteiger partial charge in [0.2, 0.25) is 17.2 Å². The number of para-hydroxylation sites is 2. The Kier molecular flexibility index (Phi) is 24.5. The number of nitriles is 2. The molecule has 6 aromatic carbocycles.